The quantitative estimate of drug-likeness (QED) is 0.280. The van der Waals surface area contributed by atoms with Gasteiger partial charge < -0.3 is 31.2 Å². The van der Waals surface area contributed by atoms with Crippen LogP contribution >= 0.6 is 11.8 Å². The first-order valence-electron chi connectivity index (χ1n) is 14.8. The maximum absolute atomic E-state index is 12.9. The van der Waals surface area contributed by atoms with E-state index in [9.17, 15) is 4.79 Å². The number of benzene rings is 1. The predicted octanol–water partition coefficient (Wildman–Crippen LogP) is 5.45. The molecule has 2 aromatic heterocycles. The molecule has 40 heavy (non-hydrogen) atoms. The molecule has 0 spiro atoms. The van der Waals surface area contributed by atoms with Gasteiger partial charge in [-0.15, -0.1) is 11.8 Å². The van der Waals surface area contributed by atoms with Crippen molar-refractivity contribution in [2.24, 2.45) is 5.73 Å². The van der Waals surface area contributed by atoms with E-state index < -0.39 is 0 Å². The number of piperidine rings is 1. The third-order valence-electron chi connectivity index (χ3n) is 8.71. The summed E-state index contributed by atoms with van der Waals surface area (Å²) in [7, 11) is 0. The Balaban J connectivity index is 1.14. The molecule has 11 heteroatoms. The number of hydrogen-bond acceptors (Lipinski definition) is 8. The fourth-order valence-corrected chi connectivity index (χ4v) is 6.68. The fourth-order valence-electron chi connectivity index (χ4n) is 6.27. The highest BCUT2D eigenvalue weighted by molar-refractivity contribution is 7.98. The first-order chi connectivity index (χ1) is 19.6. The van der Waals surface area contributed by atoms with Crippen LogP contribution in [0.25, 0.3) is 11.2 Å². The Hall–Kier alpha value is -3.05. The molecule has 0 unspecified atom stereocenters. The summed E-state index contributed by atoms with van der Waals surface area (Å²) in [4.78, 5) is 30.7. The molecule has 0 atom stereocenters. The number of carbonyl (C=O) groups excluding carboxylic acids is 1. The van der Waals surface area contributed by atoms with E-state index in [2.05, 4.69) is 20.5 Å². The van der Waals surface area contributed by atoms with Crippen molar-refractivity contribution in [2.45, 2.75) is 93.3 Å². The van der Waals surface area contributed by atoms with Crippen molar-refractivity contribution in [3.63, 3.8) is 0 Å². The van der Waals surface area contributed by atoms with Gasteiger partial charge in [0, 0.05) is 47.8 Å². The monoisotopic (exact) mass is 563 g/mol. The molecule has 1 saturated heterocycles. The zero-order valence-corrected chi connectivity index (χ0v) is 24.1. The Morgan fingerprint density at radius 3 is 2.33 bits per heavy atom. The molecule has 1 aromatic carbocycles. The lowest BCUT2D eigenvalue weighted by Crippen LogP contribution is -2.44. The number of likely N-dealkylation sites (tertiary alicyclic amines) is 1. The number of amides is 2. The second-order valence-corrected chi connectivity index (χ2v) is 12.4. The second-order valence-electron chi connectivity index (χ2n) is 11.5. The molecule has 3 aromatic rings. The molecule has 214 valence electrons. The van der Waals surface area contributed by atoms with Gasteiger partial charge in [-0.05, 0) is 81.9 Å². The average Bonchev–Trinajstić information content (AvgIpc) is 3.65. The Kier molecular flexibility index (Phi) is 8.29. The van der Waals surface area contributed by atoms with Gasteiger partial charge in [-0.2, -0.15) is 9.97 Å². The largest absolute Gasteiger partial charge is 0.365 e. The molecule has 3 aliphatic rings. The molecule has 10 nitrogen and oxygen atoms in total. The summed E-state index contributed by atoms with van der Waals surface area (Å²) >= 11 is 1.69. The van der Waals surface area contributed by atoms with E-state index in [1.165, 1.54) is 30.6 Å². The van der Waals surface area contributed by atoms with Crippen LogP contribution in [0, 0.1) is 0 Å². The highest BCUT2D eigenvalue weighted by atomic mass is 32.2. The average molecular weight is 564 g/mol. The number of urea groups is 1. The topological polar surface area (TPSA) is 126 Å². The number of rotatable bonds is 7. The van der Waals surface area contributed by atoms with Crippen LogP contribution in [0.2, 0.25) is 0 Å². The van der Waals surface area contributed by atoms with Crippen LogP contribution in [-0.4, -0.2) is 67.9 Å². The van der Waals surface area contributed by atoms with E-state index in [1.807, 2.05) is 41.7 Å². The molecular weight excluding hydrogens is 522 g/mol. The van der Waals surface area contributed by atoms with Gasteiger partial charge in [0.2, 0.25) is 5.95 Å². The van der Waals surface area contributed by atoms with Crippen molar-refractivity contribution in [3.05, 3.63) is 30.6 Å². The lowest BCUT2D eigenvalue weighted by Gasteiger charge is -2.32. The third-order valence-corrected chi connectivity index (χ3v) is 9.45. The summed E-state index contributed by atoms with van der Waals surface area (Å²) < 4.78 is 2.26. The fraction of sp³-hybridized carbons (Fsp3) is 0.586. The van der Waals surface area contributed by atoms with Crippen LogP contribution in [0.15, 0.2) is 35.5 Å². The van der Waals surface area contributed by atoms with Crippen LogP contribution in [0.1, 0.15) is 70.3 Å². The van der Waals surface area contributed by atoms with Crippen molar-refractivity contribution < 1.29 is 4.79 Å². The van der Waals surface area contributed by atoms with Gasteiger partial charge in [0.1, 0.15) is 0 Å². The van der Waals surface area contributed by atoms with Crippen LogP contribution in [-0.2, 0) is 0 Å². The summed E-state index contributed by atoms with van der Waals surface area (Å²) in [6, 6.07) is 9.22. The zero-order chi connectivity index (χ0) is 27.5. The smallest absolute Gasteiger partial charge is 0.321 e. The van der Waals surface area contributed by atoms with Crippen LogP contribution < -0.4 is 21.7 Å². The molecule has 3 fully saturated rings. The van der Waals surface area contributed by atoms with Gasteiger partial charge in [0.25, 0.3) is 0 Å². The number of nitrogens with zero attached hydrogens (tertiary/aromatic N) is 5. The van der Waals surface area contributed by atoms with Crippen molar-refractivity contribution in [2.75, 3.05) is 35.3 Å². The van der Waals surface area contributed by atoms with Crippen LogP contribution in [0.3, 0.4) is 0 Å². The van der Waals surface area contributed by atoms with Gasteiger partial charge in [0.05, 0.1) is 6.33 Å². The van der Waals surface area contributed by atoms with Crippen molar-refractivity contribution >= 4 is 46.4 Å². The Labute approximate surface area is 240 Å². The molecule has 0 radical (unpaired) electrons. The van der Waals surface area contributed by atoms with Gasteiger partial charge in [0.15, 0.2) is 17.0 Å². The normalized spacial score (nSPS) is 22.5. The molecular formula is C29H41N9OS. The number of nitrogens with two attached hydrogens (primary N) is 1. The Bertz CT molecular complexity index is 1290. The Morgan fingerprint density at radius 1 is 0.925 bits per heavy atom. The molecule has 3 heterocycles. The molecule has 0 bridgehead atoms. The number of hydrogen-bond donors (Lipinski definition) is 4. The molecule has 5 N–H and O–H groups in total. The lowest BCUT2D eigenvalue weighted by atomic mass is 9.92. The number of aromatic nitrogens is 4. The lowest BCUT2D eigenvalue weighted by molar-refractivity contribution is 0.197. The van der Waals surface area contributed by atoms with Gasteiger partial charge >= 0.3 is 6.03 Å². The van der Waals surface area contributed by atoms with Gasteiger partial charge in [-0.25, -0.2) is 9.78 Å². The number of carbonyl (C=O) groups is 1. The van der Waals surface area contributed by atoms with E-state index in [-0.39, 0.29) is 12.1 Å². The minimum atomic E-state index is -0.0474. The summed E-state index contributed by atoms with van der Waals surface area (Å²) in [6.07, 6.45) is 14.7. The van der Waals surface area contributed by atoms with E-state index in [0.717, 1.165) is 61.2 Å². The highest BCUT2D eigenvalue weighted by Gasteiger charge is 2.27. The number of imidazole rings is 1. The van der Waals surface area contributed by atoms with Crippen molar-refractivity contribution in [1.82, 2.24) is 24.4 Å². The number of fused-ring (bicyclic) bond motifs is 1. The van der Waals surface area contributed by atoms with Crippen LogP contribution in [0.4, 0.5) is 22.2 Å². The summed E-state index contributed by atoms with van der Waals surface area (Å²) in [5.41, 5.74) is 8.70. The van der Waals surface area contributed by atoms with E-state index in [1.54, 1.807) is 11.8 Å². The SMILES string of the molecule is CSc1ccc(NC(=O)N2CCC(Nc3nc(NC4CCC(N)CC4)nc4c3ncn4C3CCCC3)CC2)cc1. The maximum Gasteiger partial charge on any atom is 0.321 e. The molecule has 2 aliphatic carbocycles. The predicted molar refractivity (Wildman–Crippen MR) is 162 cm³/mol. The second kappa shape index (κ2) is 12.2. The van der Waals surface area contributed by atoms with Crippen LogP contribution in [0.5, 0.6) is 0 Å². The minimum Gasteiger partial charge on any atom is -0.365 e. The highest BCUT2D eigenvalue weighted by Crippen LogP contribution is 2.34. The summed E-state index contributed by atoms with van der Waals surface area (Å²) in [5.74, 6) is 1.45. The van der Waals surface area contributed by atoms with Gasteiger partial charge in [-0.1, -0.05) is 12.8 Å². The molecule has 2 saturated carbocycles. The van der Waals surface area contributed by atoms with Crippen molar-refractivity contribution in [3.8, 4) is 0 Å². The first-order valence-corrected chi connectivity index (χ1v) is 16.0. The Morgan fingerprint density at radius 2 is 1.62 bits per heavy atom. The van der Waals surface area contributed by atoms with E-state index >= 15 is 0 Å². The van der Waals surface area contributed by atoms with E-state index in [4.69, 9.17) is 20.7 Å². The first kappa shape index (κ1) is 27.1. The number of nitrogens with one attached hydrogen (secondary N) is 3. The van der Waals surface area contributed by atoms with Crippen molar-refractivity contribution in [1.29, 1.82) is 0 Å². The molecule has 2 amide bonds. The number of anilines is 3. The summed E-state index contributed by atoms with van der Waals surface area (Å²) in [6.45, 7) is 1.37. The summed E-state index contributed by atoms with van der Waals surface area (Å²) in [5, 5.41) is 10.3. The third kappa shape index (κ3) is 6.15. The minimum absolute atomic E-state index is 0.0474. The number of thioether (sulfide) groups is 1. The zero-order valence-electron chi connectivity index (χ0n) is 23.3. The maximum atomic E-state index is 12.9. The molecule has 6 rings (SSSR count). The van der Waals surface area contributed by atoms with Gasteiger partial charge in [-0.3, -0.25) is 0 Å². The van der Waals surface area contributed by atoms with E-state index in [0.29, 0.717) is 37.2 Å². The molecule has 1 aliphatic heterocycles. The standard InChI is InChI=1S/C29H41N9OS/c1-40-24-12-10-21(11-13-24)34-29(39)37-16-14-22(15-17-37)32-26-25-27(38(18-31-25)23-4-2-3-5-23)36-28(35-26)33-20-8-6-19(30)7-9-20/h10-13,18-20,22-23H,2-9,14-17,30H2,1H3,(H,34,39)(H2,32,33,35,36).